The third kappa shape index (κ3) is 63.2. The smallest absolute Gasteiger partial charge is 0.309 e. The molecule has 0 aliphatic heterocycles. The maximum Gasteiger partial charge on any atom is 0.309 e. The van der Waals surface area contributed by atoms with Crippen molar-refractivity contribution in [3.63, 3.8) is 0 Å². The molecule has 532 valence electrons. The van der Waals surface area contributed by atoms with Crippen LogP contribution in [0.15, 0.2) is 0 Å². The molecule has 1 rings (SSSR count). The van der Waals surface area contributed by atoms with Gasteiger partial charge in [0.1, 0.15) is 0 Å². The third-order valence-electron chi connectivity index (χ3n) is 22.1. The summed E-state index contributed by atoms with van der Waals surface area (Å²) in [6.07, 6.45) is 102. The molecule has 4 nitrogen and oxygen atoms in total. The van der Waals surface area contributed by atoms with E-state index in [1.807, 2.05) is 7.11 Å². The molecule has 4 heteroatoms. The zero-order valence-corrected chi connectivity index (χ0v) is 62.0. The highest BCUT2D eigenvalue weighted by Gasteiger charge is 2.35. The molecule has 0 aromatic heterocycles. The molecule has 0 radical (unpaired) electrons. The lowest BCUT2D eigenvalue weighted by atomic mass is 9.91. The van der Waals surface area contributed by atoms with Gasteiger partial charge in [-0.3, -0.25) is 4.79 Å². The largest absolute Gasteiger partial charge is 0.481 e. The van der Waals surface area contributed by atoms with Crippen LogP contribution in [0.3, 0.4) is 0 Å². The highest BCUT2D eigenvalue weighted by atomic mass is 16.5. The first-order valence-electron chi connectivity index (χ1n) is 42.4. The normalized spacial score (nSPS) is 15.5. The molecule has 0 amide bonds. The number of hydrogen-bond donors (Lipinski definition) is 2. The minimum atomic E-state index is -0.798. The molecule has 2 N–H and O–H groups in total. The lowest BCUT2D eigenvalue weighted by molar-refractivity contribution is -0.146. The van der Waals surface area contributed by atoms with Gasteiger partial charge in [0.25, 0.3) is 0 Å². The number of carboxylic acids is 1. The van der Waals surface area contributed by atoms with Gasteiger partial charge in [-0.25, -0.2) is 0 Å². The Labute approximate surface area is 561 Å². The Morgan fingerprint density at radius 3 is 0.742 bits per heavy atom. The van der Waals surface area contributed by atoms with Gasteiger partial charge in [-0.1, -0.05) is 464 Å². The second kappa shape index (κ2) is 71.7. The number of ether oxygens (including phenoxy) is 1. The molecular weight excluding hydrogens is 1080 g/mol. The van der Waals surface area contributed by atoms with Crippen molar-refractivity contribution in [1.29, 1.82) is 0 Å². The Morgan fingerprint density at radius 2 is 0.506 bits per heavy atom. The Morgan fingerprint density at radius 1 is 0.303 bits per heavy atom. The summed E-state index contributed by atoms with van der Waals surface area (Å²) >= 11 is 0. The van der Waals surface area contributed by atoms with E-state index in [9.17, 15) is 15.0 Å². The van der Waals surface area contributed by atoms with E-state index < -0.39 is 18.0 Å². The van der Waals surface area contributed by atoms with Crippen molar-refractivity contribution in [3.8, 4) is 0 Å². The van der Waals surface area contributed by atoms with Crippen molar-refractivity contribution in [2.45, 2.75) is 508 Å². The highest BCUT2D eigenvalue weighted by Crippen LogP contribution is 2.46. The predicted octanol–water partition coefficient (Wildman–Crippen LogP) is 29.9. The summed E-state index contributed by atoms with van der Waals surface area (Å²) in [4.78, 5) is 12.0. The van der Waals surface area contributed by atoms with Gasteiger partial charge in [0.05, 0.1) is 18.1 Å². The van der Waals surface area contributed by atoms with E-state index in [-0.39, 0.29) is 0 Å². The highest BCUT2D eigenvalue weighted by molar-refractivity contribution is 5.70. The van der Waals surface area contributed by atoms with Crippen LogP contribution in [-0.4, -0.2) is 35.5 Å². The number of aliphatic hydroxyl groups excluding tert-OH is 1. The summed E-state index contributed by atoms with van der Waals surface area (Å²) in [7, 11) is 1.96. The number of carbonyl (C=O) groups is 1. The molecule has 1 fully saturated rings. The van der Waals surface area contributed by atoms with E-state index in [1.54, 1.807) is 6.42 Å². The van der Waals surface area contributed by atoms with Gasteiger partial charge in [-0.2, -0.15) is 0 Å². The second-order valence-corrected chi connectivity index (χ2v) is 30.7. The molecule has 6 atom stereocenters. The molecule has 0 heterocycles. The van der Waals surface area contributed by atoms with Gasteiger partial charge in [0.15, 0.2) is 0 Å². The van der Waals surface area contributed by atoms with Crippen molar-refractivity contribution in [2.75, 3.05) is 7.11 Å². The first-order chi connectivity index (χ1) is 43.9. The van der Waals surface area contributed by atoms with Gasteiger partial charge in [0.2, 0.25) is 0 Å². The SMILES string of the molecule is CCCCCCCCCCCCCCCCCCCCCCCC[C@@H](C(=O)O)[C@H](O)CCCCCCCCCCCCCCCCC[C@@H]1CC1CCCCCCCCCCCCCCCC[C@H](OC)[C@@H](C)CCCCCCCCCCCCCCCCCC. The molecule has 0 bridgehead atoms. The number of carboxylic acid groups (broad SMARTS) is 1. The van der Waals surface area contributed by atoms with E-state index in [0.29, 0.717) is 24.9 Å². The first-order valence-corrected chi connectivity index (χ1v) is 42.4. The monoisotopic (exact) mass is 1250 g/mol. The fourth-order valence-corrected chi connectivity index (χ4v) is 15.4. The number of aliphatic carboxylic acids is 1. The third-order valence-corrected chi connectivity index (χ3v) is 22.1. The van der Waals surface area contributed by atoms with Gasteiger partial charge >= 0.3 is 5.97 Å². The first kappa shape index (κ1) is 86.4. The van der Waals surface area contributed by atoms with Crippen LogP contribution in [0.5, 0.6) is 0 Å². The lowest BCUT2D eigenvalue weighted by Crippen LogP contribution is -2.28. The van der Waals surface area contributed by atoms with E-state index in [0.717, 1.165) is 37.5 Å². The van der Waals surface area contributed by atoms with Crippen LogP contribution in [0.25, 0.3) is 0 Å². The van der Waals surface area contributed by atoms with Crippen molar-refractivity contribution in [2.24, 2.45) is 23.7 Å². The molecule has 1 saturated carbocycles. The fourth-order valence-electron chi connectivity index (χ4n) is 15.4. The number of hydrogen-bond acceptors (Lipinski definition) is 3. The summed E-state index contributed by atoms with van der Waals surface area (Å²) in [6, 6.07) is 0. The summed E-state index contributed by atoms with van der Waals surface area (Å²) in [5.74, 6) is 1.50. The van der Waals surface area contributed by atoms with Crippen LogP contribution in [0.2, 0.25) is 0 Å². The van der Waals surface area contributed by atoms with E-state index in [4.69, 9.17) is 4.74 Å². The zero-order valence-electron chi connectivity index (χ0n) is 62.0. The molecular formula is C85H168O4. The maximum atomic E-state index is 12.0. The summed E-state index contributed by atoms with van der Waals surface area (Å²) in [6.45, 7) is 7.06. The molecule has 0 aromatic carbocycles. The minimum absolute atomic E-state index is 0.470. The molecule has 1 aliphatic carbocycles. The zero-order chi connectivity index (χ0) is 64.1. The molecule has 1 unspecified atom stereocenters. The molecule has 0 aromatic rings. The second-order valence-electron chi connectivity index (χ2n) is 30.7. The number of aliphatic hydroxyl groups is 1. The molecule has 0 saturated heterocycles. The van der Waals surface area contributed by atoms with Crippen molar-refractivity contribution in [1.82, 2.24) is 0 Å². The van der Waals surface area contributed by atoms with Crippen LogP contribution in [0.1, 0.15) is 496 Å². The Balaban J connectivity index is 1.76. The fraction of sp³-hybridized carbons (Fsp3) is 0.988. The quantitative estimate of drug-likeness (QED) is 0.0596. The average molecular weight is 1250 g/mol. The van der Waals surface area contributed by atoms with Gasteiger partial charge < -0.3 is 14.9 Å². The van der Waals surface area contributed by atoms with Crippen LogP contribution < -0.4 is 0 Å². The van der Waals surface area contributed by atoms with Crippen molar-refractivity contribution in [3.05, 3.63) is 0 Å². The van der Waals surface area contributed by atoms with Crippen molar-refractivity contribution < 1.29 is 19.7 Å². The Bertz CT molecular complexity index is 1330. The topological polar surface area (TPSA) is 66.8 Å². The number of unbranched alkanes of at least 4 members (excludes halogenated alkanes) is 63. The molecule has 0 spiro atoms. The van der Waals surface area contributed by atoms with Gasteiger partial charge in [0, 0.05) is 7.11 Å². The Hall–Kier alpha value is -0.610. The van der Waals surface area contributed by atoms with Crippen LogP contribution >= 0.6 is 0 Å². The number of methoxy groups -OCH3 is 1. The van der Waals surface area contributed by atoms with E-state index in [1.165, 1.54) is 430 Å². The predicted molar refractivity (Wildman–Crippen MR) is 397 cm³/mol. The van der Waals surface area contributed by atoms with Crippen LogP contribution in [-0.2, 0) is 9.53 Å². The lowest BCUT2D eigenvalue weighted by Gasteiger charge is -2.22. The maximum absolute atomic E-state index is 12.0. The molecule has 1 aliphatic rings. The van der Waals surface area contributed by atoms with Gasteiger partial charge in [-0.15, -0.1) is 0 Å². The Kier molecular flexibility index (Phi) is 69.6. The standard InChI is InChI=1S/C85H168O4/c1-5-7-9-11-13-15-17-19-21-23-24-25-26-27-28-32-39-45-51-57-63-69-75-82(85(87)88)83(86)76-70-64-58-52-46-40-33-29-31-37-43-49-55-61-67-73-80-78-81(80)74-68-62-56-50-44-38-34-35-41-47-53-59-65-71-77-84(89-4)79(3)72-66-60-54-48-42-36-30-22-20-18-16-14-12-10-8-6-2/h79-84,86H,5-78H2,1-4H3,(H,87,88)/t79-,80+,81?,82+,83+,84-/m0/s1. The van der Waals surface area contributed by atoms with E-state index >= 15 is 0 Å². The summed E-state index contributed by atoms with van der Waals surface area (Å²) in [5, 5.41) is 20.6. The molecule has 89 heavy (non-hydrogen) atoms. The van der Waals surface area contributed by atoms with E-state index in [2.05, 4.69) is 20.8 Å². The minimum Gasteiger partial charge on any atom is -0.481 e. The van der Waals surface area contributed by atoms with Crippen LogP contribution in [0, 0.1) is 23.7 Å². The van der Waals surface area contributed by atoms with Gasteiger partial charge in [-0.05, 0) is 49.9 Å². The van der Waals surface area contributed by atoms with Crippen LogP contribution in [0.4, 0.5) is 0 Å². The summed E-state index contributed by atoms with van der Waals surface area (Å²) in [5.41, 5.74) is 0. The van der Waals surface area contributed by atoms with Crippen molar-refractivity contribution >= 4 is 5.97 Å². The summed E-state index contributed by atoms with van der Waals surface area (Å²) < 4.78 is 5.98. The average Bonchev–Trinajstić information content (AvgIpc) is 4.32. The number of rotatable bonds is 79.